The Morgan fingerprint density at radius 2 is 0.395 bits per heavy atom. The van der Waals surface area contributed by atoms with E-state index in [1.54, 1.807) is 0 Å². The van der Waals surface area contributed by atoms with Crippen molar-refractivity contribution in [2.45, 2.75) is 36.6 Å². The van der Waals surface area contributed by atoms with Crippen molar-refractivity contribution in [2.24, 2.45) is 0 Å². The Morgan fingerprint density at radius 1 is 0.316 bits per heavy atom. The zero-order valence-corrected chi connectivity index (χ0v) is 26.8. The predicted molar refractivity (Wildman–Crippen MR) is 113 cm³/mol. The van der Waals surface area contributed by atoms with E-state index in [0.717, 1.165) is 0 Å². The molecule has 220 valence electrons. The van der Waals surface area contributed by atoms with Crippen LogP contribution in [0.4, 0.5) is 0 Å². The molecule has 1 aliphatic rings. The minimum Gasteiger partial charge on any atom is -0.303 e. The molecule has 0 spiro atoms. The Labute approximate surface area is 255 Å². The van der Waals surface area contributed by atoms with E-state index in [2.05, 4.69) is 27.1 Å². The average Bonchev–Trinajstić information content (AvgIpc) is 2.51. The van der Waals surface area contributed by atoms with Gasteiger partial charge in [-0.25, -0.2) is 27.4 Å². The van der Waals surface area contributed by atoms with Crippen molar-refractivity contribution in [3.05, 3.63) is 0 Å². The molecule has 4 radical (unpaired) electrons. The second-order valence-corrected chi connectivity index (χ2v) is 13.5. The summed E-state index contributed by atoms with van der Waals surface area (Å²) in [6, 6.07) is 0. The van der Waals surface area contributed by atoms with Gasteiger partial charge >= 0.3 is 46.9 Å². The molecule has 12 N–H and O–H groups in total. The SMILES string of the molecule is O=P(O)(O)OC1C(OP(=O)(O)O)C(OP(=O)(O)O)C(OP(=O)(O)O)C(OP(=O)(O)O)C1OP(=O)(O)O.[Ca].[Mg]. The van der Waals surface area contributed by atoms with Crippen molar-refractivity contribution >= 4 is 108 Å². The molecule has 1 aliphatic carbocycles. The molecule has 0 aliphatic heterocycles. The van der Waals surface area contributed by atoms with Crippen LogP contribution in [0.3, 0.4) is 0 Å². The quantitative estimate of drug-likeness (QED) is 0.0676. The predicted octanol–water partition coefficient (Wildman–Crippen LogP) is -3.89. The second-order valence-electron chi connectivity index (χ2n) is 6.36. The topological polar surface area (TPSA) is 401 Å². The molecule has 24 nitrogen and oxygen atoms in total. The van der Waals surface area contributed by atoms with Crippen LogP contribution < -0.4 is 0 Å². The molecule has 0 aromatic carbocycles. The van der Waals surface area contributed by atoms with E-state index >= 15 is 0 Å². The molecule has 0 bridgehead atoms. The molecule has 0 heterocycles. The summed E-state index contributed by atoms with van der Waals surface area (Å²) in [6.07, 6.45) is -18.9. The normalized spacial score (nSPS) is 27.8. The number of hydrogen-bond acceptors (Lipinski definition) is 12. The number of phosphoric ester groups is 6. The molecular weight excluding hydrogens is 706 g/mol. The van der Waals surface area contributed by atoms with Crippen LogP contribution in [0.5, 0.6) is 0 Å². The fourth-order valence-electron chi connectivity index (χ4n) is 2.79. The van der Waals surface area contributed by atoms with Gasteiger partial charge in [0.1, 0.15) is 36.6 Å². The van der Waals surface area contributed by atoms with Gasteiger partial charge < -0.3 is 58.7 Å². The second kappa shape index (κ2) is 15.1. The van der Waals surface area contributed by atoms with Crippen LogP contribution in [0.1, 0.15) is 0 Å². The van der Waals surface area contributed by atoms with Crippen molar-refractivity contribution < 1.29 is 113 Å². The zero-order valence-electron chi connectivity index (χ0n) is 17.8. The Morgan fingerprint density at radius 3 is 0.447 bits per heavy atom. The third kappa shape index (κ3) is 17.1. The van der Waals surface area contributed by atoms with Crippen LogP contribution in [0.15, 0.2) is 0 Å². The summed E-state index contributed by atoms with van der Waals surface area (Å²) in [6.45, 7) is 0. The maximum absolute atomic E-state index is 11.4. The molecule has 1 fully saturated rings. The van der Waals surface area contributed by atoms with Crippen molar-refractivity contribution in [1.82, 2.24) is 0 Å². The summed E-state index contributed by atoms with van der Waals surface area (Å²) in [4.78, 5) is 110. The van der Waals surface area contributed by atoms with Gasteiger partial charge in [0.2, 0.25) is 0 Å². The minimum atomic E-state index is -6.02. The van der Waals surface area contributed by atoms with Gasteiger partial charge in [-0.3, -0.25) is 27.1 Å². The third-order valence-corrected chi connectivity index (χ3v) is 6.61. The van der Waals surface area contributed by atoms with Crippen molar-refractivity contribution in [1.29, 1.82) is 0 Å². The summed E-state index contributed by atoms with van der Waals surface area (Å²) in [5.41, 5.74) is 0. The fourth-order valence-corrected chi connectivity index (χ4v) is 6.14. The number of rotatable bonds is 12. The number of hydrogen-bond donors (Lipinski definition) is 12. The molecular formula is C6H18CaMgO24P6. The van der Waals surface area contributed by atoms with E-state index in [1.165, 1.54) is 0 Å². The van der Waals surface area contributed by atoms with Crippen molar-refractivity contribution in [3.63, 3.8) is 0 Å². The van der Waals surface area contributed by atoms with Crippen molar-refractivity contribution in [3.8, 4) is 0 Å². The van der Waals surface area contributed by atoms with Gasteiger partial charge in [0.25, 0.3) is 0 Å². The van der Waals surface area contributed by atoms with Gasteiger partial charge in [-0.05, 0) is 0 Å². The van der Waals surface area contributed by atoms with Gasteiger partial charge in [0.15, 0.2) is 0 Å². The molecule has 1 rings (SSSR count). The molecule has 0 aromatic heterocycles. The molecule has 0 atom stereocenters. The smallest absolute Gasteiger partial charge is 0.303 e. The molecule has 38 heavy (non-hydrogen) atoms. The summed E-state index contributed by atoms with van der Waals surface area (Å²) in [7, 11) is -36.1. The number of phosphoric acid groups is 6. The van der Waals surface area contributed by atoms with Gasteiger partial charge in [0.05, 0.1) is 0 Å². The first-order valence-corrected chi connectivity index (χ1v) is 17.2. The van der Waals surface area contributed by atoms with E-state index in [-0.39, 0.29) is 60.8 Å². The Bertz CT molecular complexity index is 831. The molecule has 0 aromatic rings. The average molecular weight is 724 g/mol. The summed E-state index contributed by atoms with van der Waals surface area (Å²) < 4.78 is 93.1. The van der Waals surface area contributed by atoms with E-state index in [9.17, 15) is 27.4 Å². The first-order valence-electron chi connectivity index (χ1n) is 8.01. The van der Waals surface area contributed by atoms with E-state index in [4.69, 9.17) is 58.7 Å². The van der Waals surface area contributed by atoms with Gasteiger partial charge in [-0.1, -0.05) is 0 Å². The molecule has 0 saturated heterocycles. The maximum atomic E-state index is 11.4. The first kappa shape index (κ1) is 42.8. The van der Waals surface area contributed by atoms with Gasteiger partial charge in [0, 0.05) is 60.8 Å². The van der Waals surface area contributed by atoms with Gasteiger partial charge in [-0.2, -0.15) is 0 Å². The summed E-state index contributed by atoms with van der Waals surface area (Å²) in [5, 5.41) is 0. The summed E-state index contributed by atoms with van der Waals surface area (Å²) >= 11 is 0. The van der Waals surface area contributed by atoms with Gasteiger partial charge in [-0.15, -0.1) is 0 Å². The van der Waals surface area contributed by atoms with Crippen LogP contribution in [0, 0.1) is 0 Å². The van der Waals surface area contributed by atoms with Crippen LogP contribution in [0.2, 0.25) is 0 Å². The van der Waals surface area contributed by atoms with Crippen molar-refractivity contribution in [2.75, 3.05) is 0 Å². The molecule has 1 saturated carbocycles. The van der Waals surface area contributed by atoms with E-state index in [1.807, 2.05) is 0 Å². The monoisotopic (exact) mass is 724 g/mol. The van der Waals surface area contributed by atoms with Crippen LogP contribution in [-0.2, 0) is 54.5 Å². The molecule has 32 heteroatoms. The van der Waals surface area contributed by atoms with Crippen LogP contribution in [-0.4, -0.2) is 156 Å². The Kier molecular flexibility index (Phi) is 17.0. The Hall–Kier alpha value is 2.69. The molecule has 0 amide bonds. The molecule has 0 unspecified atom stereocenters. The van der Waals surface area contributed by atoms with E-state index < -0.39 is 83.6 Å². The van der Waals surface area contributed by atoms with Crippen LogP contribution in [0.25, 0.3) is 0 Å². The van der Waals surface area contributed by atoms with Crippen LogP contribution >= 0.6 is 46.9 Å². The standard InChI is InChI=1S/C6H18O24P6.Ca.Mg/c7-31(8,9)25-1-2(26-32(10,11)12)4(28-34(16,17)18)6(30-36(22,23)24)5(29-35(19,20)21)3(1)27-33(13,14)15;;/h1-6H,(H2,7,8,9)(H2,10,11,12)(H2,13,14,15)(H2,16,17,18)(H2,19,20,21)(H2,22,23,24);;. The largest absolute Gasteiger partial charge is 0.470 e. The first-order chi connectivity index (χ1) is 15.6. The third-order valence-electron chi connectivity index (χ3n) is 3.50. The summed E-state index contributed by atoms with van der Waals surface area (Å²) in [5.74, 6) is 0. The fraction of sp³-hybridized carbons (Fsp3) is 1.00. The van der Waals surface area contributed by atoms with E-state index in [0.29, 0.717) is 0 Å². The minimum absolute atomic E-state index is 0. The Balaban J connectivity index is 0. The zero-order chi connectivity index (χ0) is 28.7. The maximum Gasteiger partial charge on any atom is 0.470 e.